The monoisotopic (exact) mass is 122 g/mol. The van der Waals surface area contributed by atoms with Crippen LogP contribution in [0.4, 0.5) is 0 Å². The molecule has 0 bridgehead atoms. The van der Waals surface area contributed by atoms with Crippen LogP contribution in [0.5, 0.6) is 0 Å². The van der Waals surface area contributed by atoms with Gasteiger partial charge in [0.2, 0.25) is 0 Å². The van der Waals surface area contributed by atoms with Crippen molar-refractivity contribution in [2.45, 2.75) is 12.5 Å². The van der Waals surface area contributed by atoms with Crippen LogP contribution < -0.4 is 0 Å². The maximum absolute atomic E-state index is 10.2. The number of aldehydes is 1. The summed E-state index contributed by atoms with van der Waals surface area (Å²) in [4.78, 5) is 10.2. The number of hydrogen-bond donors (Lipinski definition) is 0. The molecule has 0 saturated heterocycles. The molecule has 0 amide bonds. The Labute approximate surface area is 53.5 Å². The van der Waals surface area contributed by atoms with Gasteiger partial charge < -0.3 is 4.74 Å². The summed E-state index contributed by atoms with van der Waals surface area (Å²) in [6.45, 7) is 1.66. The number of hydrogen-bond acceptors (Lipinski definition) is 2. The zero-order valence-electron chi connectivity index (χ0n) is 5.05. The fraction of sp³-hybridized carbons (Fsp3) is 0.286. The van der Waals surface area contributed by atoms with E-state index < -0.39 is 5.60 Å². The van der Waals surface area contributed by atoms with Gasteiger partial charge in [-0.2, -0.15) is 0 Å². The average molecular weight is 122 g/mol. The highest BCUT2D eigenvalue weighted by Crippen LogP contribution is 2.09. The topological polar surface area (TPSA) is 26.3 Å². The maximum atomic E-state index is 10.2. The molecule has 0 aromatic rings. The Morgan fingerprint density at radius 3 is 2.89 bits per heavy atom. The first kappa shape index (κ1) is 5.90. The fourth-order valence-electron chi connectivity index (χ4n) is 0.478. The van der Waals surface area contributed by atoms with Crippen molar-refractivity contribution in [1.29, 1.82) is 0 Å². The van der Waals surface area contributed by atoms with Crippen molar-refractivity contribution in [2.75, 3.05) is 0 Å². The fourth-order valence-corrected chi connectivity index (χ4v) is 0.478. The van der Waals surface area contributed by atoms with Gasteiger partial charge in [-0.3, -0.25) is 4.79 Å². The summed E-state index contributed by atoms with van der Waals surface area (Å²) in [5.41, 5.74) is -0.814. The quantitative estimate of drug-likeness (QED) is 0.373. The van der Waals surface area contributed by atoms with E-state index in [0.29, 0.717) is 0 Å². The molecular weight excluding hydrogens is 116 g/mol. The van der Waals surface area contributed by atoms with Gasteiger partial charge in [0.15, 0.2) is 11.9 Å². The van der Waals surface area contributed by atoms with Crippen LogP contribution >= 0.6 is 0 Å². The number of allylic oxidation sites excluding steroid dienone is 1. The summed E-state index contributed by atoms with van der Waals surface area (Å²) in [5, 5.41) is 0. The summed E-state index contributed by atoms with van der Waals surface area (Å²) >= 11 is 0. The standard InChI is InChI=1S/C7H6O2/c1-7(6-8)4-2-3-5-9-7/h2,4,6H,1H3. The summed E-state index contributed by atoms with van der Waals surface area (Å²) < 4.78 is 4.80. The Hall–Kier alpha value is -1.23. The minimum absolute atomic E-state index is 0.720. The number of carbonyl (C=O) groups is 1. The van der Waals surface area contributed by atoms with E-state index >= 15 is 0 Å². The van der Waals surface area contributed by atoms with Crippen LogP contribution in [0.15, 0.2) is 12.2 Å². The van der Waals surface area contributed by atoms with Gasteiger partial charge in [-0.1, -0.05) is 0 Å². The Balaban J connectivity index is 2.79. The predicted molar refractivity (Wildman–Crippen MR) is 32.5 cm³/mol. The molecule has 1 rings (SSSR count). The molecule has 0 N–H and O–H groups in total. The number of rotatable bonds is 1. The smallest absolute Gasteiger partial charge is 0.192 e. The Kier molecular flexibility index (Phi) is 1.27. The van der Waals surface area contributed by atoms with Gasteiger partial charge in [-0.05, 0) is 25.0 Å². The van der Waals surface area contributed by atoms with E-state index in [0.717, 1.165) is 6.29 Å². The van der Waals surface area contributed by atoms with E-state index in [4.69, 9.17) is 4.74 Å². The van der Waals surface area contributed by atoms with Crippen LogP contribution in [-0.4, -0.2) is 11.9 Å². The van der Waals surface area contributed by atoms with E-state index in [-0.39, 0.29) is 0 Å². The van der Waals surface area contributed by atoms with Gasteiger partial charge in [-0.25, -0.2) is 0 Å². The number of ether oxygens (including phenoxy) is 1. The highest BCUT2D eigenvalue weighted by atomic mass is 16.5. The molecule has 0 saturated carbocycles. The molecule has 1 aliphatic rings. The summed E-state index contributed by atoms with van der Waals surface area (Å²) in [6, 6.07) is 0. The molecule has 2 heteroatoms. The molecule has 0 aromatic heterocycles. The molecule has 0 spiro atoms. The minimum Gasteiger partial charge on any atom is -0.428 e. The largest absolute Gasteiger partial charge is 0.428 e. The lowest BCUT2D eigenvalue weighted by molar-refractivity contribution is -0.118. The van der Waals surface area contributed by atoms with Gasteiger partial charge in [0.1, 0.15) is 6.11 Å². The zero-order chi connectivity index (χ0) is 6.74. The minimum atomic E-state index is -0.814. The van der Waals surface area contributed by atoms with Gasteiger partial charge in [0, 0.05) is 0 Å². The van der Waals surface area contributed by atoms with Crippen LogP contribution in [0.2, 0.25) is 0 Å². The molecule has 0 aliphatic carbocycles. The first-order valence-corrected chi connectivity index (χ1v) is 2.59. The zero-order valence-corrected chi connectivity index (χ0v) is 5.05. The Morgan fingerprint density at radius 2 is 2.56 bits per heavy atom. The molecule has 1 atom stereocenters. The van der Waals surface area contributed by atoms with Crippen molar-refractivity contribution in [3.05, 3.63) is 12.2 Å². The molecule has 1 heterocycles. The van der Waals surface area contributed by atoms with E-state index in [1.807, 2.05) is 0 Å². The van der Waals surface area contributed by atoms with Gasteiger partial charge >= 0.3 is 0 Å². The van der Waals surface area contributed by atoms with Crippen LogP contribution in [0.25, 0.3) is 0 Å². The third-order valence-electron chi connectivity index (χ3n) is 1.06. The second-order valence-electron chi connectivity index (χ2n) is 1.98. The van der Waals surface area contributed by atoms with E-state index in [9.17, 15) is 4.79 Å². The van der Waals surface area contributed by atoms with Crippen LogP contribution in [0, 0.1) is 12.0 Å². The molecule has 2 nitrogen and oxygen atoms in total. The van der Waals surface area contributed by atoms with Crippen molar-refractivity contribution >= 4 is 6.29 Å². The van der Waals surface area contributed by atoms with E-state index in [1.54, 1.807) is 19.1 Å². The molecule has 46 valence electrons. The number of carbonyl (C=O) groups excluding carboxylic acids is 1. The van der Waals surface area contributed by atoms with Crippen molar-refractivity contribution < 1.29 is 9.53 Å². The highest BCUT2D eigenvalue weighted by molar-refractivity contribution is 5.66. The summed E-state index contributed by atoms with van der Waals surface area (Å²) in [6.07, 6.45) is 6.31. The third-order valence-corrected chi connectivity index (χ3v) is 1.06. The third kappa shape index (κ3) is 1.11. The van der Waals surface area contributed by atoms with Crippen molar-refractivity contribution in [3.8, 4) is 12.0 Å². The molecule has 0 radical (unpaired) electrons. The Bertz CT molecular complexity index is 207. The van der Waals surface area contributed by atoms with Gasteiger partial charge in [0.05, 0.1) is 0 Å². The molecule has 0 fully saturated rings. The Morgan fingerprint density at radius 1 is 1.78 bits per heavy atom. The second-order valence-corrected chi connectivity index (χ2v) is 1.98. The molecule has 1 unspecified atom stereocenters. The molecule has 9 heavy (non-hydrogen) atoms. The first-order valence-electron chi connectivity index (χ1n) is 2.59. The van der Waals surface area contributed by atoms with Crippen molar-refractivity contribution in [1.82, 2.24) is 0 Å². The van der Waals surface area contributed by atoms with Crippen LogP contribution in [0.1, 0.15) is 6.92 Å². The lowest BCUT2D eigenvalue weighted by Crippen LogP contribution is -2.26. The highest BCUT2D eigenvalue weighted by Gasteiger charge is 2.21. The molecule has 1 aliphatic heterocycles. The van der Waals surface area contributed by atoms with Crippen LogP contribution in [-0.2, 0) is 9.53 Å². The lowest BCUT2D eigenvalue weighted by atomic mass is 10.1. The van der Waals surface area contributed by atoms with Crippen LogP contribution in [0.3, 0.4) is 0 Å². The molecular formula is C7H6O2. The molecule has 0 aromatic carbocycles. The second kappa shape index (κ2) is 1.94. The lowest BCUT2D eigenvalue weighted by Gasteiger charge is -2.16. The van der Waals surface area contributed by atoms with Gasteiger partial charge in [0.25, 0.3) is 0 Å². The van der Waals surface area contributed by atoms with Gasteiger partial charge in [-0.15, -0.1) is 0 Å². The average Bonchev–Trinajstić information content (AvgIpc) is 1.90. The normalized spacial score (nSPS) is 29.9. The SMILES string of the molecule is CC1(C=O)C=CC#CO1. The first-order chi connectivity index (χ1) is 4.27. The van der Waals surface area contributed by atoms with E-state index in [2.05, 4.69) is 12.0 Å². The maximum Gasteiger partial charge on any atom is 0.192 e. The van der Waals surface area contributed by atoms with Crippen molar-refractivity contribution in [3.63, 3.8) is 0 Å². The summed E-state index contributed by atoms with van der Waals surface area (Å²) in [7, 11) is 0. The summed E-state index contributed by atoms with van der Waals surface area (Å²) in [5.74, 6) is 2.56. The van der Waals surface area contributed by atoms with Crippen molar-refractivity contribution in [2.24, 2.45) is 0 Å². The van der Waals surface area contributed by atoms with E-state index in [1.165, 1.54) is 0 Å². The predicted octanol–water partition coefficient (Wildman–Crippen LogP) is 0.491.